The van der Waals surface area contributed by atoms with Crippen molar-refractivity contribution in [3.63, 3.8) is 0 Å². The summed E-state index contributed by atoms with van der Waals surface area (Å²) < 4.78 is 32.8. The van der Waals surface area contributed by atoms with Crippen LogP contribution in [0.25, 0.3) is 0 Å². The Morgan fingerprint density at radius 2 is 2.24 bits per heavy atom. The number of thiophene rings is 1. The number of rotatable bonds is 6. The molecule has 2 unspecified atom stereocenters. The molecule has 0 aliphatic heterocycles. The van der Waals surface area contributed by atoms with E-state index in [1.165, 1.54) is 11.4 Å². The van der Waals surface area contributed by atoms with Gasteiger partial charge in [0.15, 0.2) is 0 Å². The molecule has 1 fully saturated rings. The lowest BCUT2D eigenvalue weighted by molar-refractivity contribution is -0.108. The van der Waals surface area contributed by atoms with Crippen molar-refractivity contribution in [3.05, 3.63) is 17.0 Å². The monoisotopic (exact) mass is 333 g/mol. The molecule has 8 heteroatoms. The van der Waals surface area contributed by atoms with Gasteiger partial charge < -0.3 is 9.84 Å². The average Bonchev–Trinajstić information content (AvgIpc) is 2.88. The van der Waals surface area contributed by atoms with Crippen LogP contribution in [0.4, 0.5) is 0 Å². The van der Waals surface area contributed by atoms with Crippen LogP contribution in [0, 0.1) is 5.41 Å². The van der Waals surface area contributed by atoms with E-state index in [2.05, 4.69) is 4.72 Å². The van der Waals surface area contributed by atoms with E-state index < -0.39 is 16.0 Å². The van der Waals surface area contributed by atoms with Crippen LogP contribution in [0.2, 0.25) is 0 Å². The SMILES string of the molecule is CCOC1CC(NS(=O)(=O)c2cc(C(=O)O)cs2)C1(C)C. The average molecular weight is 333 g/mol. The van der Waals surface area contributed by atoms with Gasteiger partial charge in [-0.05, 0) is 19.4 Å². The number of nitrogens with one attached hydrogen (secondary N) is 1. The van der Waals surface area contributed by atoms with Crippen LogP contribution in [0.15, 0.2) is 15.7 Å². The topological polar surface area (TPSA) is 92.7 Å². The van der Waals surface area contributed by atoms with E-state index in [1.807, 2.05) is 20.8 Å². The van der Waals surface area contributed by atoms with E-state index >= 15 is 0 Å². The molecule has 118 valence electrons. The first-order valence-corrected chi connectivity index (χ1v) is 9.00. The smallest absolute Gasteiger partial charge is 0.336 e. The van der Waals surface area contributed by atoms with Gasteiger partial charge in [0.25, 0.3) is 0 Å². The fourth-order valence-corrected chi connectivity index (χ4v) is 4.96. The highest BCUT2D eigenvalue weighted by molar-refractivity contribution is 7.91. The van der Waals surface area contributed by atoms with Crippen LogP contribution in [-0.4, -0.2) is 38.2 Å². The Kier molecular flexibility index (Phi) is 4.44. The molecule has 6 nitrogen and oxygen atoms in total. The zero-order valence-electron chi connectivity index (χ0n) is 12.1. The molecule has 0 aromatic carbocycles. The highest BCUT2D eigenvalue weighted by atomic mass is 32.2. The zero-order chi connectivity index (χ0) is 15.8. The molecule has 0 amide bonds. The van der Waals surface area contributed by atoms with Gasteiger partial charge in [0.2, 0.25) is 10.0 Å². The first-order chi connectivity index (χ1) is 9.68. The van der Waals surface area contributed by atoms with Crippen LogP contribution < -0.4 is 4.72 Å². The van der Waals surface area contributed by atoms with Crippen molar-refractivity contribution in [1.29, 1.82) is 0 Å². The van der Waals surface area contributed by atoms with Crippen LogP contribution in [0.3, 0.4) is 0 Å². The second-order valence-electron chi connectivity index (χ2n) is 5.63. The Morgan fingerprint density at radius 3 is 2.71 bits per heavy atom. The molecule has 2 rings (SSSR count). The lowest BCUT2D eigenvalue weighted by atomic mass is 9.65. The number of hydrogen-bond donors (Lipinski definition) is 2. The number of hydrogen-bond acceptors (Lipinski definition) is 5. The summed E-state index contributed by atoms with van der Waals surface area (Å²) in [4.78, 5) is 10.8. The van der Waals surface area contributed by atoms with Crippen molar-refractivity contribution < 1.29 is 23.1 Å². The van der Waals surface area contributed by atoms with Crippen LogP contribution in [-0.2, 0) is 14.8 Å². The maximum Gasteiger partial charge on any atom is 0.336 e. The molecular formula is C13H19NO5S2. The maximum atomic E-state index is 12.3. The summed E-state index contributed by atoms with van der Waals surface area (Å²) in [6.45, 7) is 6.43. The van der Waals surface area contributed by atoms with E-state index in [-0.39, 0.29) is 27.3 Å². The van der Waals surface area contributed by atoms with Crippen LogP contribution in [0.1, 0.15) is 37.6 Å². The molecule has 0 spiro atoms. The molecule has 0 radical (unpaired) electrons. The lowest BCUT2D eigenvalue weighted by Gasteiger charge is -2.51. The van der Waals surface area contributed by atoms with E-state index in [1.54, 1.807) is 0 Å². The van der Waals surface area contributed by atoms with Gasteiger partial charge in [-0.2, -0.15) is 0 Å². The molecule has 1 heterocycles. The van der Waals surface area contributed by atoms with Gasteiger partial charge in [-0.25, -0.2) is 17.9 Å². The summed E-state index contributed by atoms with van der Waals surface area (Å²) in [5.41, 5.74) is -0.295. The summed E-state index contributed by atoms with van der Waals surface area (Å²) >= 11 is 0.910. The quantitative estimate of drug-likeness (QED) is 0.830. The second-order valence-corrected chi connectivity index (χ2v) is 8.49. The summed E-state index contributed by atoms with van der Waals surface area (Å²) in [6, 6.07) is 0.968. The second kappa shape index (κ2) is 5.68. The number of sulfonamides is 1. The molecule has 1 aliphatic carbocycles. The minimum Gasteiger partial charge on any atom is -0.478 e. The minimum atomic E-state index is -3.69. The third-order valence-electron chi connectivity index (χ3n) is 3.93. The summed E-state index contributed by atoms with van der Waals surface area (Å²) in [7, 11) is -3.69. The number of carboxylic acids is 1. The molecule has 1 aromatic rings. The van der Waals surface area contributed by atoms with Crippen molar-refractivity contribution in [2.75, 3.05) is 6.61 Å². The summed E-state index contributed by atoms with van der Waals surface area (Å²) in [6.07, 6.45) is 0.658. The van der Waals surface area contributed by atoms with E-state index in [4.69, 9.17) is 9.84 Å². The third-order valence-corrected chi connectivity index (χ3v) is 6.84. The Hall–Kier alpha value is -0.960. The van der Waals surface area contributed by atoms with Gasteiger partial charge in [-0.1, -0.05) is 13.8 Å². The number of aromatic carboxylic acids is 1. The molecular weight excluding hydrogens is 314 g/mol. The first kappa shape index (κ1) is 16.4. The predicted octanol–water partition coefficient (Wildman–Crippen LogP) is 1.93. The van der Waals surface area contributed by atoms with Gasteiger partial charge >= 0.3 is 5.97 Å². The molecule has 0 saturated heterocycles. The maximum absolute atomic E-state index is 12.3. The molecule has 2 atom stereocenters. The van der Waals surface area contributed by atoms with E-state index in [0.717, 1.165) is 11.3 Å². The first-order valence-electron chi connectivity index (χ1n) is 6.64. The summed E-state index contributed by atoms with van der Waals surface area (Å²) in [5.74, 6) is -1.13. The predicted molar refractivity (Wildman–Crippen MR) is 79.2 cm³/mol. The van der Waals surface area contributed by atoms with Gasteiger partial charge in [0, 0.05) is 23.4 Å². The molecule has 1 aliphatic rings. The number of carbonyl (C=O) groups is 1. The van der Waals surface area contributed by atoms with E-state index in [9.17, 15) is 13.2 Å². The summed E-state index contributed by atoms with van der Waals surface area (Å²) in [5, 5.41) is 10.2. The van der Waals surface area contributed by atoms with Gasteiger partial charge in [-0.3, -0.25) is 0 Å². The fraction of sp³-hybridized carbons (Fsp3) is 0.615. The van der Waals surface area contributed by atoms with Gasteiger partial charge in [0.05, 0.1) is 11.7 Å². The molecule has 0 bridgehead atoms. The fourth-order valence-electron chi connectivity index (χ4n) is 2.38. The van der Waals surface area contributed by atoms with Gasteiger partial charge in [-0.15, -0.1) is 11.3 Å². The molecule has 1 saturated carbocycles. The van der Waals surface area contributed by atoms with Crippen molar-refractivity contribution in [2.24, 2.45) is 5.41 Å². The van der Waals surface area contributed by atoms with Crippen molar-refractivity contribution >= 4 is 27.3 Å². The number of ether oxygens (including phenoxy) is 1. The molecule has 1 aromatic heterocycles. The largest absolute Gasteiger partial charge is 0.478 e. The Balaban J connectivity index is 2.10. The standard InChI is InChI=1S/C13H19NO5S2/c1-4-19-10-6-9(13(10,2)3)14-21(17,18)11-5-8(7-20-11)12(15)16/h5,7,9-10,14H,4,6H2,1-3H3,(H,15,16). The van der Waals surface area contributed by atoms with Crippen molar-refractivity contribution in [3.8, 4) is 0 Å². The third kappa shape index (κ3) is 3.13. The van der Waals surface area contributed by atoms with Crippen molar-refractivity contribution in [2.45, 2.75) is 43.5 Å². The Morgan fingerprint density at radius 1 is 1.57 bits per heavy atom. The highest BCUT2D eigenvalue weighted by Gasteiger charge is 2.50. The van der Waals surface area contributed by atoms with Crippen LogP contribution in [0.5, 0.6) is 0 Å². The Bertz CT molecular complexity index is 635. The number of carboxylic acid groups (broad SMARTS) is 1. The van der Waals surface area contributed by atoms with E-state index in [0.29, 0.717) is 13.0 Å². The van der Waals surface area contributed by atoms with Gasteiger partial charge in [0.1, 0.15) is 4.21 Å². The van der Waals surface area contributed by atoms with Crippen molar-refractivity contribution in [1.82, 2.24) is 4.72 Å². The zero-order valence-corrected chi connectivity index (χ0v) is 13.8. The van der Waals surface area contributed by atoms with Crippen LogP contribution >= 0.6 is 11.3 Å². The lowest BCUT2D eigenvalue weighted by Crippen LogP contribution is -2.61. The Labute approximate surface area is 128 Å². The molecule has 21 heavy (non-hydrogen) atoms. The molecule has 2 N–H and O–H groups in total. The minimum absolute atomic E-state index is 0.0135. The normalized spacial score (nSPS) is 24.5. The highest BCUT2D eigenvalue weighted by Crippen LogP contribution is 2.43.